The number of halogens is 1. The predicted octanol–water partition coefficient (Wildman–Crippen LogP) is 2.93. The number of hydrogen-bond donors (Lipinski definition) is 1. The van der Waals surface area contributed by atoms with Crippen LogP contribution in [0.1, 0.15) is 26.2 Å². The Morgan fingerprint density at radius 1 is 1.24 bits per heavy atom. The SMILES string of the molecule is CCN(CC(=O)O)C(=O)CCCCOc1ccc(Br)cc1. The van der Waals surface area contributed by atoms with Gasteiger partial charge in [0.25, 0.3) is 0 Å². The summed E-state index contributed by atoms with van der Waals surface area (Å²) >= 11 is 3.35. The van der Waals surface area contributed by atoms with Crippen LogP contribution in [0.4, 0.5) is 0 Å². The smallest absolute Gasteiger partial charge is 0.323 e. The van der Waals surface area contributed by atoms with Crippen molar-refractivity contribution in [1.29, 1.82) is 0 Å². The molecule has 0 atom stereocenters. The highest BCUT2D eigenvalue weighted by Gasteiger charge is 2.13. The van der Waals surface area contributed by atoms with E-state index in [9.17, 15) is 9.59 Å². The van der Waals surface area contributed by atoms with Crippen molar-refractivity contribution < 1.29 is 19.4 Å². The van der Waals surface area contributed by atoms with Crippen LogP contribution in [0.5, 0.6) is 5.75 Å². The summed E-state index contributed by atoms with van der Waals surface area (Å²) in [4.78, 5) is 23.8. The van der Waals surface area contributed by atoms with E-state index in [0.29, 0.717) is 26.0 Å². The van der Waals surface area contributed by atoms with Gasteiger partial charge in [-0.3, -0.25) is 9.59 Å². The van der Waals surface area contributed by atoms with E-state index in [1.54, 1.807) is 6.92 Å². The molecule has 21 heavy (non-hydrogen) atoms. The number of hydrogen-bond acceptors (Lipinski definition) is 3. The van der Waals surface area contributed by atoms with Crippen molar-refractivity contribution in [2.45, 2.75) is 26.2 Å². The molecule has 1 N–H and O–H groups in total. The highest BCUT2D eigenvalue weighted by molar-refractivity contribution is 9.10. The monoisotopic (exact) mass is 357 g/mol. The van der Waals surface area contributed by atoms with Gasteiger partial charge in [0.1, 0.15) is 12.3 Å². The van der Waals surface area contributed by atoms with Gasteiger partial charge in [-0.05, 0) is 44.0 Å². The third-order valence-corrected chi connectivity index (χ3v) is 3.46. The number of carboxylic acid groups (broad SMARTS) is 1. The van der Waals surface area contributed by atoms with Gasteiger partial charge in [0.15, 0.2) is 0 Å². The van der Waals surface area contributed by atoms with Crippen LogP contribution in [0.25, 0.3) is 0 Å². The molecular weight excluding hydrogens is 338 g/mol. The van der Waals surface area contributed by atoms with Gasteiger partial charge in [-0.1, -0.05) is 15.9 Å². The Morgan fingerprint density at radius 2 is 1.90 bits per heavy atom. The van der Waals surface area contributed by atoms with Gasteiger partial charge < -0.3 is 14.7 Å². The van der Waals surface area contributed by atoms with Crippen LogP contribution in [0.2, 0.25) is 0 Å². The molecule has 116 valence electrons. The lowest BCUT2D eigenvalue weighted by atomic mass is 10.2. The molecule has 0 fully saturated rings. The van der Waals surface area contributed by atoms with E-state index in [-0.39, 0.29) is 12.5 Å². The van der Waals surface area contributed by atoms with Gasteiger partial charge >= 0.3 is 5.97 Å². The third kappa shape index (κ3) is 7.13. The van der Waals surface area contributed by atoms with Gasteiger partial charge in [-0.25, -0.2) is 0 Å². The quantitative estimate of drug-likeness (QED) is 0.690. The van der Waals surface area contributed by atoms with Crippen LogP contribution in [0.15, 0.2) is 28.7 Å². The molecular formula is C15H20BrNO4. The van der Waals surface area contributed by atoms with Crippen molar-refractivity contribution in [2.75, 3.05) is 19.7 Å². The Bertz CT molecular complexity index is 461. The van der Waals surface area contributed by atoms with Crippen LogP contribution >= 0.6 is 15.9 Å². The summed E-state index contributed by atoms with van der Waals surface area (Å²) in [6, 6.07) is 7.57. The molecule has 0 unspecified atom stereocenters. The lowest BCUT2D eigenvalue weighted by Gasteiger charge is -2.18. The van der Waals surface area contributed by atoms with Crippen molar-refractivity contribution >= 4 is 27.8 Å². The summed E-state index contributed by atoms with van der Waals surface area (Å²) in [5.74, 6) is -0.307. The van der Waals surface area contributed by atoms with Crippen LogP contribution in [-0.4, -0.2) is 41.6 Å². The number of carbonyl (C=O) groups excluding carboxylic acids is 1. The molecule has 0 bridgehead atoms. The summed E-state index contributed by atoms with van der Waals surface area (Å²) in [5.41, 5.74) is 0. The molecule has 0 spiro atoms. The number of carbonyl (C=O) groups is 2. The van der Waals surface area contributed by atoms with Gasteiger partial charge in [-0.2, -0.15) is 0 Å². The second kappa shape index (κ2) is 9.39. The lowest BCUT2D eigenvalue weighted by Crippen LogP contribution is -2.35. The number of benzene rings is 1. The number of aliphatic carboxylic acids is 1. The van der Waals surface area contributed by atoms with E-state index in [4.69, 9.17) is 9.84 Å². The molecule has 0 radical (unpaired) electrons. The standard InChI is InChI=1S/C15H20BrNO4/c1-2-17(11-15(19)20)14(18)5-3-4-10-21-13-8-6-12(16)7-9-13/h6-9H,2-5,10-11H2,1H3,(H,19,20). The zero-order valence-electron chi connectivity index (χ0n) is 12.0. The summed E-state index contributed by atoms with van der Waals surface area (Å²) in [6.45, 7) is 2.50. The van der Waals surface area contributed by atoms with Gasteiger partial charge in [0.05, 0.1) is 6.61 Å². The van der Waals surface area contributed by atoms with Gasteiger partial charge in [0, 0.05) is 17.4 Å². The zero-order chi connectivity index (χ0) is 15.7. The van der Waals surface area contributed by atoms with Crippen LogP contribution in [0, 0.1) is 0 Å². The van der Waals surface area contributed by atoms with E-state index < -0.39 is 5.97 Å². The number of amides is 1. The fourth-order valence-electron chi connectivity index (χ4n) is 1.80. The fourth-order valence-corrected chi connectivity index (χ4v) is 2.06. The number of ether oxygens (including phenoxy) is 1. The molecule has 6 heteroatoms. The molecule has 0 aliphatic rings. The van der Waals surface area contributed by atoms with Gasteiger partial charge in [-0.15, -0.1) is 0 Å². The zero-order valence-corrected chi connectivity index (χ0v) is 13.6. The summed E-state index contributed by atoms with van der Waals surface area (Å²) in [5, 5.41) is 8.70. The molecule has 0 aliphatic carbocycles. The van der Waals surface area contributed by atoms with E-state index in [1.165, 1.54) is 4.90 Å². The van der Waals surface area contributed by atoms with Crippen LogP contribution in [0.3, 0.4) is 0 Å². The molecule has 0 heterocycles. The second-order valence-corrected chi connectivity index (χ2v) is 5.48. The Kier molecular flexibility index (Phi) is 7.82. The topological polar surface area (TPSA) is 66.8 Å². The number of unbranched alkanes of at least 4 members (excludes halogenated alkanes) is 1. The summed E-state index contributed by atoms with van der Waals surface area (Å²) < 4.78 is 6.55. The minimum absolute atomic E-state index is 0.122. The fraction of sp³-hybridized carbons (Fsp3) is 0.467. The van der Waals surface area contributed by atoms with Crippen LogP contribution < -0.4 is 4.74 Å². The van der Waals surface area contributed by atoms with Crippen molar-refractivity contribution in [2.24, 2.45) is 0 Å². The Hall–Kier alpha value is -1.56. The Morgan fingerprint density at radius 3 is 2.48 bits per heavy atom. The van der Waals surface area contributed by atoms with E-state index >= 15 is 0 Å². The van der Waals surface area contributed by atoms with E-state index in [2.05, 4.69) is 15.9 Å². The lowest BCUT2D eigenvalue weighted by molar-refractivity contribution is -0.144. The molecule has 1 rings (SSSR count). The molecule has 1 aromatic rings. The average Bonchev–Trinajstić information content (AvgIpc) is 2.46. The molecule has 0 saturated heterocycles. The molecule has 1 amide bonds. The number of likely N-dealkylation sites (N-methyl/N-ethyl adjacent to an activating group) is 1. The molecule has 0 saturated carbocycles. The minimum atomic E-state index is -0.983. The van der Waals surface area contributed by atoms with Crippen LogP contribution in [-0.2, 0) is 9.59 Å². The highest BCUT2D eigenvalue weighted by atomic mass is 79.9. The normalized spacial score (nSPS) is 10.2. The summed E-state index contributed by atoms with van der Waals surface area (Å²) in [6.07, 6.45) is 1.79. The molecule has 5 nitrogen and oxygen atoms in total. The maximum Gasteiger partial charge on any atom is 0.323 e. The maximum atomic E-state index is 11.8. The number of rotatable bonds is 9. The molecule has 0 aliphatic heterocycles. The number of nitrogens with zero attached hydrogens (tertiary/aromatic N) is 1. The van der Waals surface area contributed by atoms with E-state index in [0.717, 1.165) is 16.6 Å². The highest BCUT2D eigenvalue weighted by Crippen LogP contribution is 2.16. The first-order chi connectivity index (χ1) is 10.0. The van der Waals surface area contributed by atoms with Crippen molar-refractivity contribution in [3.05, 3.63) is 28.7 Å². The molecule has 1 aromatic carbocycles. The van der Waals surface area contributed by atoms with Gasteiger partial charge in [0.2, 0.25) is 5.91 Å². The van der Waals surface area contributed by atoms with Crippen molar-refractivity contribution in [3.63, 3.8) is 0 Å². The third-order valence-electron chi connectivity index (χ3n) is 2.93. The summed E-state index contributed by atoms with van der Waals surface area (Å²) in [7, 11) is 0. The number of carboxylic acids is 1. The first-order valence-corrected chi connectivity index (χ1v) is 7.70. The largest absolute Gasteiger partial charge is 0.494 e. The minimum Gasteiger partial charge on any atom is -0.494 e. The Labute approximate surface area is 133 Å². The first kappa shape index (κ1) is 17.5. The van der Waals surface area contributed by atoms with Crippen molar-refractivity contribution in [3.8, 4) is 5.75 Å². The van der Waals surface area contributed by atoms with Crippen molar-refractivity contribution in [1.82, 2.24) is 4.90 Å². The molecule has 0 aromatic heterocycles. The maximum absolute atomic E-state index is 11.8. The van der Waals surface area contributed by atoms with E-state index in [1.807, 2.05) is 24.3 Å². The first-order valence-electron chi connectivity index (χ1n) is 6.91. The average molecular weight is 358 g/mol. The predicted molar refractivity (Wildman–Crippen MR) is 83.4 cm³/mol. The second-order valence-electron chi connectivity index (χ2n) is 4.56. The Balaban J connectivity index is 2.19.